The average Bonchev–Trinajstić information content (AvgIpc) is 4.06. The van der Waals surface area contributed by atoms with E-state index < -0.39 is 5.91 Å². The Labute approximate surface area is 403 Å². The van der Waals surface area contributed by atoms with Gasteiger partial charge in [-0.3, -0.25) is 14.0 Å². The van der Waals surface area contributed by atoms with Crippen molar-refractivity contribution >= 4 is 83.3 Å². The van der Waals surface area contributed by atoms with E-state index in [4.69, 9.17) is 14.1 Å². The number of ether oxygens (including phenoxy) is 1. The lowest BCUT2D eigenvalue weighted by Crippen LogP contribution is -2.15. The summed E-state index contributed by atoms with van der Waals surface area (Å²) >= 11 is 0. The fourth-order valence-electron chi connectivity index (χ4n) is 9.48. The van der Waals surface area contributed by atoms with Gasteiger partial charge in [-0.2, -0.15) is 10.2 Å². The minimum absolute atomic E-state index is 0.0558. The summed E-state index contributed by atoms with van der Waals surface area (Å²) in [4.78, 5) is 32.2. The molecule has 15 nitrogen and oxygen atoms in total. The summed E-state index contributed by atoms with van der Waals surface area (Å²) in [5, 5.41) is 55.6. The molecule has 15 heteroatoms. The van der Waals surface area contributed by atoms with Crippen molar-refractivity contribution in [3.8, 4) is 40.2 Å². The molecule has 1 amide bonds. The smallest absolute Gasteiger partial charge is 0.264 e. The van der Waals surface area contributed by atoms with Gasteiger partial charge in [-0.25, -0.2) is 4.98 Å². The van der Waals surface area contributed by atoms with E-state index in [9.17, 15) is 19.8 Å². The van der Waals surface area contributed by atoms with Crippen LogP contribution in [0.4, 0.5) is 28.4 Å². The van der Waals surface area contributed by atoms with E-state index in [1.807, 2.05) is 78.9 Å². The molecule has 0 spiro atoms. The van der Waals surface area contributed by atoms with Gasteiger partial charge in [0.25, 0.3) is 11.5 Å². The molecular weight excluding hydrogens is 895 g/mol. The number of rotatable bonds is 11. The first-order valence-corrected chi connectivity index (χ1v) is 23.3. The number of benzene rings is 8. The monoisotopic (exact) mass is 935 g/mol. The maximum atomic E-state index is 13.8. The summed E-state index contributed by atoms with van der Waals surface area (Å²) in [5.41, 5.74) is 4.93. The molecule has 3 aromatic heterocycles. The molecule has 1 saturated carbocycles. The topological polar surface area (TPSA) is 202 Å². The molecule has 1 aliphatic carbocycles. The zero-order chi connectivity index (χ0) is 48.0. The van der Waals surface area contributed by atoms with Crippen LogP contribution < -0.4 is 15.6 Å². The molecule has 0 bridgehead atoms. The van der Waals surface area contributed by atoms with Crippen molar-refractivity contribution in [2.75, 3.05) is 11.9 Å². The molecule has 0 saturated heterocycles. The van der Waals surface area contributed by atoms with Crippen LogP contribution in [0.5, 0.6) is 17.2 Å². The largest absolute Gasteiger partial charge is 0.506 e. The number of carbonyl (C=O) groups excluding carboxylic acids is 1. The van der Waals surface area contributed by atoms with Crippen LogP contribution in [0.3, 0.4) is 0 Å². The number of phenolic OH excluding ortho intramolecular Hbond substituents is 2. The molecular formula is C56H41N9O6. The second kappa shape index (κ2) is 17.9. The minimum atomic E-state index is -0.496. The van der Waals surface area contributed by atoms with Crippen LogP contribution in [-0.2, 0) is 0 Å². The zero-order valence-corrected chi connectivity index (χ0v) is 37.9. The van der Waals surface area contributed by atoms with Crippen LogP contribution in [0.15, 0.2) is 181 Å². The second-order valence-corrected chi connectivity index (χ2v) is 17.6. The van der Waals surface area contributed by atoms with E-state index in [2.05, 4.69) is 36.0 Å². The summed E-state index contributed by atoms with van der Waals surface area (Å²) in [6.45, 7) is 0.649. The van der Waals surface area contributed by atoms with Gasteiger partial charge in [-0.05, 0) is 109 Å². The van der Waals surface area contributed by atoms with Crippen molar-refractivity contribution < 1.29 is 24.2 Å². The number of nitrogens with one attached hydrogen (secondary N) is 1. The predicted molar refractivity (Wildman–Crippen MR) is 272 cm³/mol. The predicted octanol–water partition coefficient (Wildman–Crippen LogP) is 13.9. The third kappa shape index (κ3) is 8.08. The summed E-state index contributed by atoms with van der Waals surface area (Å²) in [7, 11) is 0. The Hall–Kier alpha value is -9.37. The number of pyridine rings is 1. The molecule has 3 N–H and O–H groups in total. The van der Waals surface area contributed by atoms with E-state index in [-0.39, 0.29) is 45.8 Å². The number of azo groups is 2. The second-order valence-electron chi connectivity index (χ2n) is 17.6. The first-order chi connectivity index (χ1) is 34.8. The van der Waals surface area contributed by atoms with Gasteiger partial charge in [0.1, 0.15) is 28.5 Å². The Morgan fingerprint density at radius 2 is 1.34 bits per heavy atom. The lowest BCUT2D eigenvalue weighted by atomic mass is 9.90. The van der Waals surface area contributed by atoms with E-state index >= 15 is 0 Å². The Bertz CT molecular complexity index is 3970. The Morgan fingerprint density at radius 3 is 2.10 bits per heavy atom. The number of hydrogen-bond acceptors (Lipinski definition) is 13. The summed E-state index contributed by atoms with van der Waals surface area (Å²) in [6, 6.07) is 44.8. The Balaban J connectivity index is 0.740. The zero-order valence-electron chi connectivity index (χ0n) is 37.9. The summed E-state index contributed by atoms with van der Waals surface area (Å²) in [5.74, 6) is 0.821. The fraction of sp³-hybridized carbons (Fsp3) is 0.125. The van der Waals surface area contributed by atoms with Gasteiger partial charge in [0, 0.05) is 44.4 Å². The summed E-state index contributed by atoms with van der Waals surface area (Å²) in [6.07, 6.45) is 6.10. The average molecular weight is 936 g/mol. The van der Waals surface area contributed by atoms with Crippen LogP contribution in [0, 0.1) is 5.92 Å². The molecule has 0 unspecified atom stereocenters. The number of aromatic nitrogens is 4. The van der Waals surface area contributed by atoms with Crippen molar-refractivity contribution in [2.24, 2.45) is 26.4 Å². The molecule has 346 valence electrons. The number of nitrogens with zero attached hydrogens (tertiary/aromatic N) is 8. The lowest BCUT2D eigenvalue weighted by Gasteiger charge is -2.21. The normalized spacial score (nSPS) is 13.5. The van der Waals surface area contributed by atoms with Crippen molar-refractivity contribution in [1.82, 2.24) is 19.6 Å². The molecule has 3 heterocycles. The first-order valence-electron chi connectivity index (χ1n) is 23.3. The molecule has 12 rings (SSSR count). The van der Waals surface area contributed by atoms with Gasteiger partial charge in [0.15, 0.2) is 5.75 Å². The molecule has 0 atom stereocenters. The maximum Gasteiger partial charge on any atom is 0.264 e. The number of fused-ring (bicyclic) bond motifs is 5. The van der Waals surface area contributed by atoms with Crippen molar-refractivity contribution in [1.29, 1.82) is 0 Å². The highest BCUT2D eigenvalue weighted by molar-refractivity contribution is 6.19. The van der Waals surface area contributed by atoms with Crippen LogP contribution in [-0.4, -0.2) is 42.3 Å². The number of carbonyl (C=O) groups is 1. The quantitative estimate of drug-likeness (QED) is 0.105. The lowest BCUT2D eigenvalue weighted by molar-refractivity contribution is 0.102. The third-order valence-electron chi connectivity index (χ3n) is 13.1. The standard InChI is InChI=1S/C56H41N9O6/c66-47-30-43-48-41(16-9-17-42(48)52-58-45-18-6-7-19-46(45)65(52)56(43)69)49(47)61-59-36-24-20-33(21-25-36)54-63-64-55(71-54)34-22-26-37(27-23-34)60-62-50-40-15-5-4-12-35(40)28-44(51(50)67)53(68)57-38-13-8-14-39(29-38)70-31-32-10-2-1-3-11-32/h4-9,12-30,32,66-67H,1-3,10-11,31H2,(H,57,68). The van der Waals surface area contributed by atoms with Crippen molar-refractivity contribution in [3.05, 3.63) is 168 Å². The number of hydrogen-bond donors (Lipinski definition) is 3. The molecule has 11 aromatic rings. The van der Waals surface area contributed by atoms with E-state index in [0.29, 0.717) is 90.1 Å². The minimum Gasteiger partial charge on any atom is -0.506 e. The van der Waals surface area contributed by atoms with E-state index in [1.54, 1.807) is 71.1 Å². The number of anilines is 1. The van der Waals surface area contributed by atoms with Gasteiger partial charge >= 0.3 is 0 Å². The van der Waals surface area contributed by atoms with E-state index in [0.717, 1.165) is 5.39 Å². The maximum absolute atomic E-state index is 13.8. The van der Waals surface area contributed by atoms with Crippen molar-refractivity contribution in [2.45, 2.75) is 32.1 Å². The number of phenols is 2. The van der Waals surface area contributed by atoms with Gasteiger partial charge in [0.05, 0.1) is 40.0 Å². The third-order valence-corrected chi connectivity index (χ3v) is 13.1. The number of para-hydroxylation sites is 2. The van der Waals surface area contributed by atoms with Crippen LogP contribution in [0.25, 0.3) is 71.9 Å². The van der Waals surface area contributed by atoms with Gasteiger partial charge in [-0.1, -0.05) is 79.9 Å². The summed E-state index contributed by atoms with van der Waals surface area (Å²) < 4.78 is 13.7. The Morgan fingerprint density at radius 1 is 0.676 bits per heavy atom. The van der Waals surface area contributed by atoms with Gasteiger partial charge in [0.2, 0.25) is 11.8 Å². The van der Waals surface area contributed by atoms with Gasteiger partial charge < -0.3 is 24.7 Å². The van der Waals surface area contributed by atoms with Gasteiger partial charge in [-0.15, -0.1) is 20.4 Å². The highest BCUT2D eigenvalue weighted by Crippen LogP contribution is 2.43. The number of amides is 1. The molecule has 71 heavy (non-hydrogen) atoms. The molecule has 1 fully saturated rings. The number of imidazole rings is 1. The van der Waals surface area contributed by atoms with Crippen LogP contribution in [0.2, 0.25) is 0 Å². The highest BCUT2D eigenvalue weighted by atomic mass is 16.5. The van der Waals surface area contributed by atoms with Crippen LogP contribution in [0.1, 0.15) is 42.5 Å². The van der Waals surface area contributed by atoms with E-state index in [1.165, 1.54) is 38.2 Å². The molecule has 0 radical (unpaired) electrons. The molecule has 0 aliphatic heterocycles. The highest BCUT2D eigenvalue weighted by Gasteiger charge is 2.22. The van der Waals surface area contributed by atoms with Crippen molar-refractivity contribution in [3.63, 3.8) is 0 Å². The van der Waals surface area contributed by atoms with Crippen LogP contribution >= 0.6 is 0 Å². The first kappa shape index (κ1) is 42.9. The number of aromatic hydroxyl groups is 2. The molecule has 8 aromatic carbocycles. The SMILES string of the molecule is O=C(Nc1cccc(OCC2CCCCC2)c1)c1cc2ccccc2c(N=Nc2ccc(-c3nnc(-c4ccc(N=Nc5c(O)cc6c(=O)n7c8ccccc8nc7c7cccc5c67)cc4)o3)cc2)c1O. The fourth-order valence-corrected chi connectivity index (χ4v) is 9.48. The molecule has 1 aliphatic rings. The Kier molecular flexibility index (Phi) is 10.9.